The monoisotopic (exact) mass is 656 g/mol. The van der Waals surface area contributed by atoms with Gasteiger partial charge < -0.3 is 14.4 Å². The first-order valence-electron chi connectivity index (χ1n) is 17.7. The van der Waals surface area contributed by atoms with Crippen LogP contribution >= 0.6 is 7.82 Å². The second kappa shape index (κ2) is 32.2. The van der Waals surface area contributed by atoms with Crippen molar-refractivity contribution in [1.29, 1.82) is 0 Å². The average Bonchev–Trinajstić information content (AvgIpc) is 3.03. The number of allylic oxidation sites excluding steroid dienone is 6. The van der Waals surface area contributed by atoms with E-state index < -0.39 is 26.5 Å². The summed E-state index contributed by atoms with van der Waals surface area (Å²) in [5.74, 6) is -0.826. The van der Waals surface area contributed by atoms with Crippen LogP contribution in [-0.4, -0.2) is 43.3 Å². The normalized spacial score (nSPS) is 14.0. The molecule has 262 valence electrons. The lowest BCUT2D eigenvalue weighted by Gasteiger charge is -2.19. The Morgan fingerprint density at radius 1 is 0.644 bits per heavy atom. The molecular weight excluding hydrogens is 591 g/mol. The first-order valence-corrected chi connectivity index (χ1v) is 19.2. The molecule has 0 aliphatic heterocycles. The van der Waals surface area contributed by atoms with Crippen molar-refractivity contribution in [3.63, 3.8) is 0 Å². The average molecular weight is 657 g/mol. The van der Waals surface area contributed by atoms with Crippen molar-refractivity contribution in [2.45, 2.75) is 161 Å². The van der Waals surface area contributed by atoms with Gasteiger partial charge in [0.2, 0.25) is 0 Å². The van der Waals surface area contributed by atoms with Crippen molar-refractivity contribution < 1.29 is 37.6 Å². The molecule has 2 atom stereocenters. The molecule has 9 heteroatoms. The van der Waals surface area contributed by atoms with E-state index in [0.717, 1.165) is 77.7 Å². The SMILES string of the molecule is CC/C=C\C/C=C\C/C=C\CCCCCCCC(=O)OC(COC(=O)CCCCCCCCCCCCC)COP(=O)(O)OC. The van der Waals surface area contributed by atoms with Crippen LogP contribution < -0.4 is 0 Å². The molecule has 0 aliphatic carbocycles. The van der Waals surface area contributed by atoms with Gasteiger partial charge in [-0.15, -0.1) is 0 Å². The fraction of sp³-hybridized carbons (Fsp3) is 0.778. The van der Waals surface area contributed by atoms with Crippen molar-refractivity contribution in [1.82, 2.24) is 0 Å². The van der Waals surface area contributed by atoms with Gasteiger partial charge in [-0.05, 0) is 44.9 Å². The Kier molecular flexibility index (Phi) is 31.0. The number of carbonyl (C=O) groups excluding carboxylic acids is 2. The lowest BCUT2D eigenvalue weighted by Crippen LogP contribution is -2.29. The summed E-state index contributed by atoms with van der Waals surface area (Å²) >= 11 is 0. The largest absolute Gasteiger partial charge is 0.472 e. The smallest absolute Gasteiger partial charge is 0.462 e. The molecule has 2 unspecified atom stereocenters. The summed E-state index contributed by atoms with van der Waals surface area (Å²) in [7, 11) is -3.20. The highest BCUT2D eigenvalue weighted by molar-refractivity contribution is 7.47. The summed E-state index contributed by atoms with van der Waals surface area (Å²) in [6.45, 7) is 3.73. The van der Waals surface area contributed by atoms with Gasteiger partial charge in [0.25, 0.3) is 0 Å². The van der Waals surface area contributed by atoms with Gasteiger partial charge in [0.15, 0.2) is 6.10 Å². The molecule has 0 saturated carbocycles. The van der Waals surface area contributed by atoms with E-state index in [4.69, 9.17) is 14.0 Å². The van der Waals surface area contributed by atoms with Crippen LogP contribution in [-0.2, 0) is 32.7 Å². The van der Waals surface area contributed by atoms with Crippen LogP contribution in [0.25, 0.3) is 0 Å². The second-order valence-electron chi connectivity index (χ2n) is 11.6. The minimum Gasteiger partial charge on any atom is -0.462 e. The molecule has 1 N–H and O–H groups in total. The third-order valence-electron chi connectivity index (χ3n) is 7.40. The molecule has 8 nitrogen and oxygen atoms in total. The van der Waals surface area contributed by atoms with Gasteiger partial charge in [-0.2, -0.15) is 0 Å². The highest BCUT2D eigenvalue weighted by atomic mass is 31.2. The fourth-order valence-corrected chi connectivity index (χ4v) is 5.13. The van der Waals surface area contributed by atoms with Gasteiger partial charge in [0, 0.05) is 20.0 Å². The highest BCUT2D eigenvalue weighted by Crippen LogP contribution is 2.42. The number of ether oxygens (including phenoxy) is 2. The number of esters is 2. The summed E-state index contributed by atoms with van der Waals surface area (Å²) in [5.41, 5.74) is 0. The van der Waals surface area contributed by atoms with Crippen molar-refractivity contribution in [3.05, 3.63) is 36.5 Å². The Morgan fingerprint density at radius 2 is 1.13 bits per heavy atom. The van der Waals surface area contributed by atoms with E-state index >= 15 is 0 Å². The molecule has 45 heavy (non-hydrogen) atoms. The Labute approximate surface area is 275 Å². The molecule has 0 heterocycles. The molecule has 0 saturated heterocycles. The number of unbranched alkanes of at least 4 members (excludes halogenated alkanes) is 15. The van der Waals surface area contributed by atoms with E-state index in [1.807, 2.05) is 0 Å². The van der Waals surface area contributed by atoms with Crippen LogP contribution in [0.15, 0.2) is 36.5 Å². The van der Waals surface area contributed by atoms with E-state index in [2.05, 4.69) is 54.8 Å². The van der Waals surface area contributed by atoms with Crippen LogP contribution in [0.1, 0.15) is 155 Å². The number of hydrogen-bond acceptors (Lipinski definition) is 7. The number of phosphoric ester groups is 1. The van der Waals surface area contributed by atoms with Gasteiger partial charge in [-0.1, -0.05) is 134 Å². The van der Waals surface area contributed by atoms with Gasteiger partial charge in [0.05, 0.1) is 6.61 Å². The zero-order chi connectivity index (χ0) is 33.3. The number of phosphoric acid groups is 1. The number of hydrogen-bond donors (Lipinski definition) is 1. The molecule has 0 aromatic carbocycles. The minimum absolute atomic E-state index is 0.226. The van der Waals surface area contributed by atoms with E-state index in [1.165, 1.54) is 51.4 Å². The Hall–Kier alpha value is -1.73. The lowest BCUT2D eigenvalue weighted by molar-refractivity contribution is -0.161. The molecule has 0 bridgehead atoms. The van der Waals surface area contributed by atoms with Crippen LogP contribution in [0.4, 0.5) is 0 Å². The zero-order valence-electron chi connectivity index (χ0n) is 28.8. The predicted octanol–water partition coefficient (Wildman–Crippen LogP) is 10.5. The molecule has 0 spiro atoms. The van der Waals surface area contributed by atoms with Gasteiger partial charge in [0.1, 0.15) is 6.61 Å². The Bertz CT molecular complexity index is 839. The van der Waals surface area contributed by atoms with E-state index in [0.29, 0.717) is 12.8 Å². The van der Waals surface area contributed by atoms with Gasteiger partial charge in [-0.3, -0.25) is 18.6 Å². The topological polar surface area (TPSA) is 108 Å². The summed E-state index contributed by atoms with van der Waals surface area (Å²) in [6.07, 6.45) is 34.8. The maximum atomic E-state index is 12.4. The summed E-state index contributed by atoms with van der Waals surface area (Å²) in [5, 5.41) is 0. The quantitative estimate of drug-likeness (QED) is 0.0330. The minimum atomic E-state index is -4.26. The van der Waals surface area contributed by atoms with Crippen LogP contribution in [0.5, 0.6) is 0 Å². The number of carbonyl (C=O) groups is 2. The third kappa shape index (κ3) is 32.0. The lowest BCUT2D eigenvalue weighted by atomic mass is 10.1. The van der Waals surface area contributed by atoms with Gasteiger partial charge in [-0.25, -0.2) is 4.57 Å². The third-order valence-corrected chi connectivity index (χ3v) is 8.34. The number of rotatable bonds is 32. The molecule has 0 fully saturated rings. The molecule has 0 rings (SSSR count). The molecule has 0 aromatic heterocycles. The molecular formula is C36H65O8P. The van der Waals surface area contributed by atoms with Crippen molar-refractivity contribution in [2.75, 3.05) is 20.3 Å². The van der Waals surface area contributed by atoms with Crippen LogP contribution in [0.2, 0.25) is 0 Å². The van der Waals surface area contributed by atoms with E-state index in [1.54, 1.807) is 0 Å². The first-order chi connectivity index (χ1) is 21.8. The molecule has 0 aromatic rings. The second-order valence-corrected chi connectivity index (χ2v) is 13.2. The standard InChI is InChI=1S/C36H65O8P/c1-4-6-8-10-12-14-16-17-18-19-21-23-25-27-29-31-36(38)44-34(33-43-45(39,40)41-3)32-42-35(37)30-28-26-24-22-20-15-13-11-9-7-5-2/h6,8,12,14,17-18,34H,4-5,7,9-11,13,15-16,19-33H2,1-3H3,(H,39,40)/b8-6-,14-12-,18-17-. The van der Waals surface area contributed by atoms with Gasteiger partial charge >= 0.3 is 19.8 Å². The first kappa shape index (κ1) is 43.3. The Balaban J connectivity index is 4.13. The van der Waals surface area contributed by atoms with Crippen LogP contribution in [0.3, 0.4) is 0 Å². The maximum absolute atomic E-state index is 12.4. The highest BCUT2D eigenvalue weighted by Gasteiger charge is 2.24. The molecule has 0 radical (unpaired) electrons. The predicted molar refractivity (Wildman–Crippen MR) is 184 cm³/mol. The summed E-state index contributed by atoms with van der Waals surface area (Å²) < 4.78 is 31.8. The summed E-state index contributed by atoms with van der Waals surface area (Å²) in [4.78, 5) is 34.2. The summed E-state index contributed by atoms with van der Waals surface area (Å²) in [6, 6.07) is 0. The van der Waals surface area contributed by atoms with Crippen LogP contribution in [0, 0.1) is 0 Å². The zero-order valence-corrected chi connectivity index (χ0v) is 29.7. The molecule has 0 aliphatic rings. The van der Waals surface area contributed by atoms with Crippen molar-refractivity contribution in [2.24, 2.45) is 0 Å². The molecule has 0 amide bonds. The van der Waals surface area contributed by atoms with E-state index in [9.17, 15) is 19.0 Å². The van der Waals surface area contributed by atoms with Crippen molar-refractivity contribution >= 4 is 19.8 Å². The maximum Gasteiger partial charge on any atom is 0.472 e. The van der Waals surface area contributed by atoms with E-state index in [-0.39, 0.29) is 19.0 Å². The fourth-order valence-electron chi connectivity index (χ4n) is 4.67. The van der Waals surface area contributed by atoms with Crippen molar-refractivity contribution in [3.8, 4) is 0 Å². The Morgan fingerprint density at radius 3 is 1.69 bits per heavy atom.